The highest BCUT2D eigenvalue weighted by molar-refractivity contribution is 7.17. The molecular formula is C15H10F3N3O2S2. The van der Waals surface area contributed by atoms with E-state index in [9.17, 15) is 18.0 Å². The first-order chi connectivity index (χ1) is 11.8. The van der Waals surface area contributed by atoms with E-state index in [0.717, 1.165) is 11.3 Å². The number of aryl methyl sites for hydroxylation is 1. The van der Waals surface area contributed by atoms with Crippen molar-refractivity contribution in [3.05, 3.63) is 46.4 Å². The van der Waals surface area contributed by atoms with Gasteiger partial charge in [-0.2, -0.15) is 0 Å². The summed E-state index contributed by atoms with van der Waals surface area (Å²) < 4.78 is 40.4. The number of rotatable bonds is 4. The molecule has 10 heteroatoms. The Hall–Kier alpha value is -2.46. The Morgan fingerprint density at radius 3 is 2.56 bits per heavy atom. The van der Waals surface area contributed by atoms with Gasteiger partial charge in [0.15, 0.2) is 5.13 Å². The number of halogens is 3. The van der Waals surface area contributed by atoms with Gasteiger partial charge in [0.25, 0.3) is 5.91 Å². The number of benzene rings is 1. The number of amides is 1. The van der Waals surface area contributed by atoms with Crippen molar-refractivity contribution in [3.8, 4) is 16.3 Å². The predicted molar refractivity (Wildman–Crippen MR) is 89.0 cm³/mol. The molecule has 0 radical (unpaired) electrons. The van der Waals surface area contributed by atoms with Gasteiger partial charge in [-0.05, 0) is 31.2 Å². The van der Waals surface area contributed by atoms with E-state index in [-0.39, 0.29) is 11.7 Å². The zero-order valence-electron chi connectivity index (χ0n) is 12.6. The molecule has 0 aliphatic carbocycles. The van der Waals surface area contributed by atoms with Crippen molar-refractivity contribution in [3.63, 3.8) is 0 Å². The van der Waals surface area contributed by atoms with Crippen LogP contribution in [-0.2, 0) is 0 Å². The van der Waals surface area contributed by atoms with Crippen LogP contribution in [-0.4, -0.2) is 22.2 Å². The lowest BCUT2D eigenvalue weighted by atomic mass is 10.2. The average Bonchev–Trinajstić information content (AvgIpc) is 3.16. The number of nitrogens with zero attached hydrogens (tertiary/aromatic N) is 2. The number of hydrogen-bond acceptors (Lipinski definition) is 6. The molecule has 1 N–H and O–H groups in total. The molecule has 0 atom stereocenters. The summed E-state index contributed by atoms with van der Waals surface area (Å²) in [7, 11) is 0. The second kappa shape index (κ2) is 6.81. The van der Waals surface area contributed by atoms with Crippen molar-refractivity contribution in [1.29, 1.82) is 0 Å². The van der Waals surface area contributed by atoms with Crippen molar-refractivity contribution < 1.29 is 22.7 Å². The quantitative estimate of drug-likeness (QED) is 0.705. The molecule has 3 aromatic rings. The summed E-state index contributed by atoms with van der Waals surface area (Å²) >= 11 is 2.45. The van der Waals surface area contributed by atoms with E-state index in [1.54, 1.807) is 18.5 Å². The highest BCUT2D eigenvalue weighted by atomic mass is 32.1. The second-order valence-corrected chi connectivity index (χ2v) is 6.69. The summed E-state index contributed by atoms with van der Waals surface area (Å²) in [6.45, 7) is 1.69. The van der Waals surface area contributed by atoms with Crippen molar-refractivity contribution in [2.24, 2.45) is 0 Å². The van der Waals surface area contributed by atoms with Crippen LogP contribution in [0, 0.1) is 6.92 Å². The molecule has 2 aromatic heterocycles. The Kier molecular flexibility index (Phi) is 4.73. The summed E-state index contributed by atoms with van der Waals surface area (Å²) in [5.74, 6) is -0.639. The highest BCUT2D eigenvalue weighted by Gasteiger charge is 2.31. The molecular weight excluding hydrogens is 375 g/mol. The standard InChI is InChI=1S/C15H10F3N3O2S2/c1-8-11(12(22)21-14-19-6-7-24-14)25-13(20-8)9-2-4-10(5-3-9)23-15(16,17)18/h2-7H,1H3,(H,19,21,22). The van der Waals surface area contributed by atoms with E-state index < -0.39 is 6.36 Å². The van der Waals surface area contributed by atoms with Gasteiger partial charge in [-0.25, -0.2) is 9.97 Å². The molecule has 25 heavy (non-hydrogen) atoms. The summed E-state index contributed by atoms with van der Waals surface area (Å²) in [6.07, 6.45) is -3.16. The Labute approximate surface area is 148 Å². The number of hydrogen-bond donors (Lipinski definition) is 1. The molecule has 0 bridgehead atoms. The van der Waals surface area contributed by atoms with Gasteiger partial charge in [-0.1, -0.05) is 0 Å². The van der Waals surface area contributed by atoms with Gasteiger partial charge < -0.3 is 4.74 Å². The smallest absolute Gasteiger partial charge is 0.406 e. The number of carbonyl (C=O) groups excluding carboxylic acids is 1. The molecule has 0 unspecified atom stereocenters. The fourth-order valence-corrected chi connectivity index (χ4v) is 3.46. The third kappa shape index (κ3) is 4.34. The average molecular weight is 385 g/mol. The summed E-state index contributed by atoms with van der Waals surface area (Å²) in [5, 5.41) is 5.42. The summed E-state index contributed by atoms with van der Waals surface area (Å²) in [5.41, 5.74) is 1.13. The zero-order valence-corrected chi connectivity index (χ0v) is 14.3. The van der Waals surface area contributed by atoms with Crippen molar-refractivity contribution in [1.82, 2.24) is 9.97 Å². The van der Waals surface area contributed by atoms with Crippen LogP contribution >= 0.6 is 22.7 Å². The lowest BCUT2D eigenvalue weighted by molar-refractivity contribution is -0.274. The van der Waals surface area contributed by atoms with Gasteiger partial charge >= 0.3 is 6.36 Å². The van der Waals surface area contributed by atoms with Crippen LogP contribution in [0.3, 0.4) is 0 Å². The molecule has 0 fully saturated rings. The first-order valence-electron chi connectivity index (χ1n) is 6.86. The lowest BCUT2D eigenvalue weighted by Gasteiger charge is -2.08. The van der Waals surface area contributed by atoms with E-state index >= 15 is 0 Å². The molecule has 0 aliphatic heterocycles. The minimum absolute atomic E-state index is 0.314. The lowest BCUT2D eigenvalue weighted by Crippen LogP contribution is -2.16. The fraction of sp³-hybridized carbons (Fsp3) is 0.133. The monoisotopic (exact) mass is 385 g/mol. The Morgan fingerprint density at radius 1 is 1.24 bits per heavy atom. The molecule has 0 saturated heterocycles. The number of ether oxygens (including phenoxy) is 1. The van der Waals surface area contributed by atoms with E-state index in [2.05, 4.69) is 20.0 Å². The first kappa shape index (κ1) is 17.4. The van der Waals surface area contributed by atoms with Crippen LogP contribution in [0.25, 0.3) is 10.6 Å². The Morgan fingerprint density at radius 2 is 1.96 bits per heavy atom. The van der Waals surface area contributed by atoms with Gasteiger partial charge in [0, 0.05) is 17.1 Å². The third-order valence-electron chi connectivity index (χ3n) is 2.99. The molecule has 1 aromatic carbocycles. The maximum Gasteiger partial charge on any atom is 0.573 e. The SMILES string of the molecule is Cc1nc(-c2ccc(OC(F)(F)F)cc2)sc1C(=O)Nc1nccs1. The molecule has 5 nitrogen and oxygen atoms in total. The molecule has 130 valence electrons. The second-order valence-electron chi connectivity index (χ2n) is 4.80. The predicted octanol–water partition coefficient (Wildman–Crippen LogP) is 4.73. The number of carbonyl (C=O) groups is 1. The van der Waals surface area contributed by atoms with Crippen LogP contribution in [0.2, 0.25) is 0 Å². The molecule has 0 aliphatic rings. The fourth-order valence-electron chi connectivity index (χ4n) is 1.97. The molecule has 0 spiro atoms. The largest absolute Gasteiger partial charge is 0.573 e. The van der Waals surface area contributed by atoms with Crippen molar-refractivity contribution in [2.45, 2.75) is 13.3 Å². The Balaban J connectivity index is 1.78. The van der Waals surface area contributed by atoms with E-state index in [1.165, 1.54) is 35.6 Å². The molecule has 3 rings (SSSR count). The van der Waals surface area contributed by atoms with Crippen molar-refractivity contribution >= 4 is 33.7 Å². The van der Waals surface area contributed by atoms with E-state index in [1.807, 2.05) is 0 Å². The normalized spacial score (nSPS) is 11.4. The minimum atomic E-state index is -4.74. The minimum Gasteiger partial charge on any atom is -0.406 e. The van der Waals surface area contributed by atoms with Crippen LogP contribution in [0.15, 0.2) is 35.8 Å². The summed E-state index contributed by atoms with van der Waals surface area (Å²) in [4.78, 5) is 21.0. The van der Waals surface area contributed by atoms with E-state index in [4.69, 9.17) is 0 Å². The van der Waals surface area contributed by atoms with Crippen LogP contribution in [0.5, 0.6) is 5.75 Å². The van der Waals surface area contributed by atoms with Gasteiger partial charge in [0.1, 0.15) is 15.6 Å². The number of thiazole rings is 2. The third-order valence-corrected chi connectivity index (χ3v) is 4.88. The number of nitrogens with one attached hydrogen (secondary N) is 1. The molecule has 2 heterocycles. The highest BCUT2D eigenvalue weighted by Crippen LogP contribution is 2.31. The van der Waals surface area contributed by atoms with Gasteiger partial charge in [0.05, 0.1) is 5.69 Å². The zero-order chi connectivity index (χ0) is 18.0. The van der Waals surface area contributed by atoms with Crippen molar-refractivity contribution in [2.75, 3.05) is 5.32 Å². The van der Waals surface area contributed by atoms with Crippen LogP contribution < -0.4 is 10.1 Å². The van der Waals surface area contributed by atoms with Crippen LogP contribution in [0.4, 0.5) is 18.3 Å². The number of anilines is 1. The van der Waals surface area contributed by atoms with Gasteiger partial charge in [-0.3, -0.25) is 10.1 Å². The maximum atomic E-state index is 12.3. The topological polar surface area (TPSA) is 64.1 Å². The van der Waals surface area contributed by atoms with Crippen LogP contribution in [0.1, 0.15) is 15.4 Å². The Bertz CT molecular complexity index is 875. The first-order valence-corrected chi connectivity index (χ1v) is 8.56. The van der Waals surface area contributed by atoms with Gasteiger partial charge in [-0.15, -0.1) is 35.8 Å². The van der Waals surface area contributed by atoms with E-state index in [0.29, 0.717) is 26.3 Å². The van der Waals surface area contributed by atoms with Gasteiger partial charge in [0.2, 0.25) is 0 Å². The summed E-state index contributed by atoms with van der Waals surface area (Å²) in [6, 6.07) is 5.33. The maximum absolute atomic E-state index is 12.3. The molecule has 1 amide bonds. The molecule has 0 saturated carbocycles. The number of aromatic nitrogens is 2. The number of alkyl halides is 3.